The van der Waals surface area contributed by atoms with Gasteiger partial charge in [0.15, 0.2) is 0 Å². The van der Waals surface area contributed by atoms with Crippen LogP contribution in [0.1, 0.15) is 45.4 Å². The van der Waals surface area contributed by atoms with Gasteiger partial charge < -0.3 is 14.4 Å². The Bertz CT molecular complexity index is 562. The van der Waals surface area contributed by atoms with Crippen molar-refractivity contribution in [2.45, 2.75) is 57.6 Å². The largest absolute Gasteiger partial charge is 0.465 e. The summed E-state index contributed by atoms with van der Waals surface area (Å²) in [5.74, 6) is -0.527. The Morgan fingerprint density at radius 3 is 2.50 bits per heavy atom. The van der Waals surface area contributed by atoms with Crippen LogP contribution < -0.4 is 4.72 Å². The van der Waals surface area contributed by atoms with Crippen LogP contribution in [0.4, 0.5) is 0 Å². The molecule has 0 saturated heterocycles. The van der Waals surface area contributed by atoms with Gasteiger partial charge in [-0.15, -0.1) is 6.58 Å². The summed E-state index contributed by atoms with van der Waals surface area (Å²) >= 11 is 0. The third kappa shape index (κ3) is 9.00. The Morgan fingerprint density at radius 1 is 1.25 bits per heavy atom. The summed E-state index contributed by atoms with van der Waals surface area (Å²) in [5, 5.41) is 0. The summed E-state index contributed by atoms with van der Waals surface area (Å²) < 4.78 is 39.1. The Hall–Kier alpha value is -1.00. The Labute approximate surface area is 170 Å². The molecule has 1 rings (SSSR count). The number of unbranched alkanes of at least 4 members (excludes halogenated alkanes) is 1. The number of nitrogens with one attached hydrogen (secondary N) is 1. The lowest BCUT2D eigenvalue weighted by atomic mass is 9.93. The maximum absolute atomic E-state index is 12.3. The van der Waals surface area contributed by atoms with E-state index in [2.05, 4.69) is 23.2 Å². The Balaban J connectivity index is 2.40. The molecule has 1 fully saturated rings. The fraction of sp³-hybridized carbons (Fsp3) is 0.842. The smallest absolute Gasteiger partial charge is 0.321 e. The molecule has 0 bridgehead atoms. The van der Waals surface area contributed by atoms with Crippen molar-refractivity contribution in [2.24, 2.45) is 0 Å². The topological polar surface area (TPSA) is 88.2 Å². The van der Waals surface area contributed by atoms with Gasteiger partial charge in [0.05, 0.1) is 12.7 Å². The average Bonchev–Trinajstić information content (AvgIpc) is 2.67. The lowest BCUT2D eigenvalue weighted by Gasteiger charge is -2.35. The van der Waals surface area contributed by atoms with Crippen LogP contribution in [-0.2, 0) is 24.5 Å². The molecule has 0 atom stereocenters. The van der Waals surface area contributed by atoms with E-state index in [9.17, 15) is 13.2 Å². The molecule has 28 heavy (non-hydrogen) atoms. The second-order valence-corrected chi connectivity index (χ2v) is 8.95. The van der Waals surface area contributed by atoms with Gasteiger partial charge in [-0.3, -0.25) is 4.79 Å². The second-order valence-electron chi connectivity index (χ2n) is 7.12. The standard InChI is InChI=1S/C19H37N3O5S/c1-5-13-21(4)14-7-8-15-27-18-11-9-17(10-12-18)22(28(24,25)20-3)16-19(23)26-6-2/h5,17-18,20H,1,6-16H2,2-4H3. The summed E-state index contributed by atoms with van der Waals surface area (Å²) in [7, 11) is -0.268. The molecule has 8 nitrogen and oxygen atoms in total. The molecular formula is C19H37N3O5S. The number of nitrogens with zero attached hydrogens (tertiary/aromatic N) is 2. The molecule has 1 aliphatic rings. The predicted octanol–water partition coefficient (Wildman–Crippen LogP) is 1.54. The molecule has 0 aromatic heterocycles. The molecule has 9 heteroatoms. The zero-order valence-corrected chi connectivity index (χ0v) is 18.4. The van der Waals surface area contributed by atoms with Crippen molar-refractivity contribution in [1.29, 1.82) is 0 Å². The average molecular weight is 420 g/mol. The highest BCUT2D eigenvalue weighted by atomic mass is 32.2. The molecule has 0 amide bonds. The molecule has 0 radical (unpaired) electrons. The minimum Gasteiger partial charge on any atom is -0.465 e. The Morgan fingerprint density at radius 2 is 1.93 bits per heavy atom. The van der Waals surface area contributed by atoms with Crippen molar-refractivity contribution in [2.75, 3.05) is 46.9 Å². The highest BCUT2D eigenvalue weighted by Crippen LogP contribution is 2.26. The first-order valence-corrected chi connectivity index (χ1v) is 11.5. The molecule has 0 unspecified atom stereocenters. The van der Waals surface area contributed by atoms with E-state index in [1.54, 1.807) is 6.92 Å². The van der Waals surface area contributed by atoms with Gasteiger partial charge >= 0.3 is 5.97 Å². The molecular weight excluding hydrogens is 382 g/mol. The zero-order valence-electron chi connectivity index (χ0n) is 17.6. The Kier molecular flexibility index (Phi) is 11.9. The molecule has 1 aliphatic carbocycles. The van der Waals surface area contributed by atoms with E-state index in [0.717, 1.165) is 45.4 Å². The van der Waals surface area contributed by atoms with E-state index in [0.29, 0.717) is 12.8 Å². The monoisotopic (exact) mass is 419 g/mol. The number of carbonyl (C=O) groups is 1. The summed E-state index contributed by atoms with van der Waals surface area (Å²) in [6.45, 7) is 8.04. The van der Waals surface area contributed by atoms with Gasteiger partial charge in [-0.1, -0.05) is 6.08 Å². The second kappa shape index (κ2) is 13.3. The van der Waals surface area contributed by atoms with Crippen molar-refractivity contribution in [3.63, 3.8) is 0 Å². The molecule has 1 N–H and O–H groups in total. The van der Waals surface area contributed by atoms with E-state index in [1.807, 2.05) is 6.08 Å². The highest BCUT2D eigenvalue weighted by Gasteiger charge is 2.34. The predicted molar refractivity (Wildman–Crippen MR) is 110 cm³/mol. The van der Waals surface area contributed by atoms with E-state index >= 15 is 0 Å². The summed E-state index contributed by atoms with van der Waals surface area (Å²) in [6.07, 6.45) is 7.06. The van der Waals surface area contributed by atoms with Crippen molar-refractivity contribution in [1.82, 2.24) is 13.9 Å². The lowest BCUT2D eigenvalue weighted by molar-refractivity contribution is -0.143. The summed E-state index contributed by atoms with van der Waals surface area (Å²) in [6, 6.07) is -0.214. The van der Waals surface area contributed by atoms with Crippen molar-refractivity contribution in [3.8, 4) is 0 Å². The van der Waals surface area contributed by atoms with Gasteiger partial charge in [-0.2, -0.15) is 12.7 Å². The van der Waals surface area contributed by atoms with Gasteiger partial charge in [-0.25, -0.2) is 4.72 Å². The third-order valence-corrected chi connectivity index (χ3v) is 6.50. The normalized spacial score (nSPS) is 20.5. The molecule has 164 valence electrons. The van der Waals surface area contributed by atoms with Gasteiger partial charge in [0.25, 0.3) is 10.2 Å². The SMILES string of the molecule is C=CCN(C)CCCCOC1CCC(N(CC(=O)OCC)S(=O)(=O)NC)CC1. The molecule has 0 heterocycles. The summed E-state index contributed by atoms with van der Waals surface area (Å²) in [5.41, 5.74) is 0. The number of hydrogen-bond acceptors (Lipinski definition) is 6. The highest BCUT2D eigenvalue weighted by molar-refractivity contribution is 7.87. The number of likely N-dealkylation sites (N-methyl/N-ethyl adjacent to an activating group) is 1. The van der Waals surface area contributed by atoms with E-state index in [4.69, 9.17) is 9.47 Å². The molecule has 0 aliphatic heterocycles. The minimum absolute atomic E-state index is 0.156. The van der Waals surface area contributed by atoms with Crippen molar-refractivity contribution < 1.29 is 22.7 Å². The van der Waals surface area contributed by atoms with Crippen LogP contribution in [0.25, 0.3) is 0 Å². The fourth-order valence-electron chi connectivity index (χ4n) is 3.41. The van der Waals surface area contributed by atoms with Crippen molar-refractivity contribution in [3.05, 3.63) is 12.7 Å². The summed E-state index contributed by atoms with van der Waals surface area (Å²) in [4.78, 5) is 14.0. The number of carbonyl (C=O) groups excluding carboxylic acids is 1. The van der Waals surface area contributed by atoms with Crippen LogP contribution in [0.2, 0.25) is 0 Å². The quantitative estimate of drug-likeness (QED) is 0.261. The van der Waals surface area contributed by atoms with Crippen molar-refractivity contribution >= 4 is 16.2 Å². The van der Waals surface area contributed by atoms with Crippen LogP contribution in [0.3, 0.4) is 0 Å². The van der Waals surface area contributed by atoms with E-state index < -0.39 is 16.2 Å². The van der Waals surface area contributed by atoms with Gasteiger partial charge in [0.2, 0.25) is 0 Å². The van der Waals surface area contributed by atoms with Crippen LogP contribution in [0.15, 0.2) is 12.7 Å². The van der Waals surface area contributed by atoms with E-state index in [-0.39, 0.29) is 25.3 Å². The van der Waals surface area contributed by atoms with Crippen LogP contribution in [0.5, 0.6) is 0 Å². The number of ether oxygens (including phenoxy) is 2. The first-order valence-electron chi connectivity index (χ1n) is 10.1. The molecule has 1 saturated carbocycles. The fourth-order valence-corrected chi connectivity index (χ4v) is 4.52. The zero-order chi connectivity index (χ0) is 21.0. The van der Waals surface area contributed by atoms with Crippen LogP contribution in [-0.4, -0.2) is 82.7 Å². The van der Waals surface area contributed by atoms with Gasteiger partial charge in [-0.05, 0) is 59.0 Å². The molecule has 0 spiro atoms. The van der Waals surface area contributed by atoms with E-state index in [1.165, 1.54) is 11.4 Å². The lowest BCUT2D eigenvalue weighted by Crippen LogP contribution is -2.49. The third-order valence-electron chi connectivity index (χ3n) is 4.94. The van der Waals surface area contributed by atoms with Gasteiger partial charge in [0, 0.05) is 26.2 Å². The van der Waals surface area contributed by atoms with Crippen LogP contribution >= 0.6 is 0 Å². The maximum Gasteiger partial charge on any atom is 0.321 e. The number of rotatable bonds is 14. The first kappa shape index (κ1) is 25.0. The number of esters is 1. The molecule has 0 aromatic carbocycles. The number of hydrogen-bond donors (Lipinski definition) is 1. The maximum atomic E-state index is 12.3. The van der Waals surface area contributed by atoms with Crippen LogP contribution in [0, 0.1) is 0 Å². The van der Waals surface area contributed by atoms with Gasteiger partial charge in [0.1, 0.15) is 6.54 Å². The first-order chi connectivity index (χ1) is 13.3. The molecule has 0 aromatic rings. The minimum atomic E-state index is -3.70.